The van der Waals surface area contributed by atoms with Gasteiger partial charge in [0.1, 0.15) is 5.69 Å². The summed E-state index contributed by atoms with van der Waals surface area (Å²) in [6, 6.07) is 13.7. The molecular weight excluding hydrogens is 338 g/mol. The lowest BCUT2D eigenvalue weighted by Crippen LogP contribution is -2.38. The van der Waals surface area contributed by atoms with E-state index in [9.17, 15) is 4.79 Å². The van der Waals surface area contributed by atoms with E-state index in [0.717, 1.165) is 36.6 Å². The highest BCUT2D eigenvalue weighted by Gasteiger charge is 2.16. The van der Waals surface area contributed by atoms with E-state index < -0.39 is 0 Å². The van der Waals surface area contributed by atoms with E-state index in [4.69, 9.17) is 0 Å². The summed E-state index contributed by atoms with van der Waals surface area (Å²) in [5.74, 6) is -0.106. The molecule has 0 unspecified atom stereocenters. The molecule has 0 bridgehead atoms. The van der Waals surface area contributed by atoms with Crippen molar-refractivity contribution < 1.29 is 4.79 Å². The number of hydrogen-bond acceptors (Lipinski definition) is 4. The van der Waals surface area contributed by atoms with Crippen LogP contribution in [-0.4, -0.2) is 51.6 Å². The van der Waals surface area contributed by atoms with Gasteiger partial charge in [-0.2, -0.15) is 5.10 Å². The maximum absolute atomic E-state index is 12.8. The van der Waals surface area contributed by atoms with Crippen molar-refractivity contribution in [3.05, 3.63) is 53.9 Å². The van der Waals surface area contributed by atoms with Crippen LogP contribution in [0.25, 0.3) is 16.9 Å². The van der Waals surface area contributed by atoms with E-state index in [1.54, 1.807) is 10.6 Å². The Labute approximate surface area is 159 Å². The Morgan fingerprint density at radius 3 is 2.67 bits per heavy atom. The average Bonchev–Trinajstić information content (AvgIpc) is 3.12. The summed E-state index contributed by atoms with van der Waals surface area (Å²) in [7, 11) is 0. The Hall–Kier alpha value is -2.73. The molecule has 6 heteroatoms. The van der Waals surface area contributed by atoms with Crippen molar-refractivity contribution in [2.45, 2.75) is 26.2 Å². The highest BCUT2D eigenvalue weighted by Crippen LogP contribution is 2.20. The minimum atomic E-state index is -0.106. The van der Waals surface area contributed by atoms with Crippen LogP contribution in [0.4, 0.5) is 0 Å². The Kier molecular flexibility index (Phi) is 5.16. The third kappa shape index (κ3) is 4.01. The van der Waals surface area contributed by atoms with Crippen LogP contribution in [0.3, 0.4) is 0 Å². The van der Waals surface area contributed by atoms with Gasteiger partial charge in [0.2, 0.25) is 0 Å². The molecule has 2 aromatic heterocycles. The highest BCUT2D eigenvalue weighted by atomic mass is 16.2. The molecule has 4 rings (SSSR count). The number of benzene rings is 1. The van der Waals surface area contributed by atoms with E-state index in [-0.39, 0.29) is 5.91 Å². The van der Waals surface area contributed by atoms with Crippen molar-refractivity contribution >= 4 is 11.6 Å². The number of carbonyl (C=O) groups excluding carboxylic acids is 1. The topological polar surface area (TPSA) is 62.5 Å². The number of aromatic nitrogens is 3. The van der Waals surface area contributed by atoms with E-state index in [0.29, 0.717) is 17.9 Å². The minimum Gasteiger partial charge on any atom is -0.349 e. The molecular formula is C21H25N5O. The zero-order valence-electron chi connectivity index (χ0n) is 15.7. The molecule has 1 aromatic carbocycles. The SMILES string of the molecule is Cc1cc(C(=O)NCCN2CCCCC2)n2nc(-c3ccccc3)cc2n1. The van der Waals surface area contributed by atoms with Gasteiger partial charge in [0.15, 0.2) is 5.65 Å². The number of likely N-dealkylation sites (tertiary alicyclic amines) is 1. The maximum Gasteiger partial charge on any atom is 0.270 e. The normalized spacial score (nSPS) is 15.1. The molecule has 0 aliphatic carbocycles. The van der Waals surface area contributed by atoms with Crippen LogP contribution in [0, 0.1) is 6.92 Å². The standard InChI is InChI=1S/C21H25N5O/c1-16-14-19(21(27)22-10-13-25-11-6-3-7-12-25)26-20(23-16)15-18(24-26)17-8-4-2-5-9-17/h2,4-5,8-9,14-15H,3,6-7,10-13H2,1H3,(H,22,27). The number of aryl methyl sites for hydroxylation is 1. The number of amides is 1. The quantitative estimate of drug-likeness (QED) is 0.757. The number of nitrogens with one attached hydrogen (secondary N) is 1. The van der Waals surface area contributed by atoms with Crippen molar-refractivity contribution in [3.63, 3.8) is 0 Å². The molecule has 1 aliphatic rings. The molecule has 0 saturated carbocycles. The van der Waals surface area contributed by atoms with Crippen LogP contribution in [0.15, 0.2) is 42.5 Å². The second kappa shape index (κ2) is 7.88. The first-order valence-corrected chi connectivity index (χ1v) is 9.64. The van der Waals surface area contributed by atoms with Gasteiger partial charge in [-0.05, 0) is 38.9 Å². The van der Waals surface area contributed by atoms with Crippen molar-refractivity contribution in [3.8, 4) is 11.3 Å². The van der Waals surface area contributed by atoms with Gasteiger partial charge in [-0.1, -0.05) is 36.8 Å². The van der Waals surface area contributed by atoms with Gasteiger partial charge >= 0.3 is 0 Å². The monoisotopic (exact) mass is 363 g/mol. The average molecular weight is 363 g/mol. The van der Waals surface area contributed by atoms with Crippen molar-refractivity contribution in [1.82, 2.24) is 24.8 Å². The molecule has 0 spiro atoms. The fourth-order valence-corrected chi connectivity index (χ4v) is 3.61. The van der Waals surface area contributed by atoms with Gasteiger partial charge < -0.3 is 10.2 Å². The summed E-state index contributed by atoms with van der Waals surface area (Å²) in [6.07, 6.45) is 3.83. The lowest BCUT2D eigenvalue weighted by Gasteiger charge is -2.26. The largest absolute Gasteiger partial charge is 0.349 e. The summed E-state index contributed by atoms with van der Waals surface area (Å²) in [5.41, 5.74) is 3.85. The molecule has 0 radical (unpaired) electrons. The molecule has 6 nitrogen and oxygen atoms in total. The van der Waals surface area contributed by atoms with Gasteiger partial charge in [0.25, 0.3) is 5.91 Å². The highest BCUT2D eigenvalue weighted by molar-refractivity contribution is 5.93. The smallest absolute Gasteiger partial charge is 0.270 e. The van der Waals surface area contributed by atoms with E-state index in [1.165, 1.54) is 19.3 Å². The van der Waals surface area contributed by atoms with Crippen LogP contribution in [0.5, 0.6) is 0 Å². The number of piperidine rings is 1. The third-order valence-electron chi connectivity index (χ3n) is 5.02. The molecule has 27 heavy (non-hydrogen) atoms. The van der Waals surface area contributed by atoms with Crippen molar-refractivity contribution in [2.75, 3.05) is 26.2 Å². The molecule has 3 aromatic rings. The summed E-state index contributed by atoms with van der Waals surface area (Å²) in [5, 5.41) is 7.67. The van der Waals surface area contributed by atoms with Gasteiger partial charge in [-0.3, -0.25) is 4.79 Å². The fraction of sp³-hybridized carbons (Fsp3) is 0.381. The molecule has 1 N–H and O–H groups in total. The summed E-state index contributed by atoms with van der Waals surface area (Å²) in [4.78, 5) is 19.7. The second-order valence-electron chi connectivity index (χ2n) is 7.11. The van der Waals surface area contributed by atoms with Crippen LogP contribution >= 0.6 is 0 Å². The van der Waals surface area contributed by atoms with E-state index in [2.05, 4.69) is 20.3 Å². The van der Waals surface area contributed by atoms with Gasteiger partial charge in [-0.25, -0.2) is 9.50 Å². The van der Waals surface area contributed by atoms with Crippen LogP contribution < -0.4 is 5.32 Å². The molecule has 140 valence electrons. The van der Waals surface area contributed by atoms with Crippen LogP contribution in [0.1, 0.15) is 35.4 Å². The maximum atomic E-state index is 12.8. The van der Waals surface area contributed by atoms with Crippen molar-refractivity contribution in [1.29, 1.82) is 0 Å². The molecule has 1 fully saturated rings. The van der Waals surface area contributed by atoms with Gasteiger partial charge in [0.05, 0.1) is 5.69 Å². The van der Waals surface area contributed by atoms with Crippen molar-refractivity contribution in [2.24, 2.45) is 0 Å². The van der Waals surface area contributed by atoms with E-state index >= 15 is 0 Å². The molecule has 1 saturated heterocycles. The lowest BCUT2D eigenvalue weighted by atomic mass is 10.1. The van der Waals surface area contributed by atoms with E-state index in [1.807, 2.05) is 43.3 Å². The first kappa shape index (κ1) is 17.7. The molecule has 1 aliphatic heterocycles. The fourth-order valence-electron chi connectivity index (χ4n) is 3.61. The molecule has 1 amide bonds. The minimum absolute atomic E-state index is 0.106. The Bertz CT molecular complexity index is 928. The third-order valence-corrected chi connectivity index (χ3v) is 5.02. The number of nitrogens with zero attached hydrogens (tertiary/aromatic N) is 4. The molecule has 3 heterocycles. The molecule has 0 atom stereocenters. The van der Waals surface area contributed by atoms with Crippen LogP contribution in [-0.2, 0) is 0 Å². The van der Waals surface area contributed by atoms with Gasteiger partial charge in [0, 0.05) is 30.4 Å². The predicted octanol–water partition coefficient (Wildman–Crippen LogP) is 2.92. The lowest BCUT2D eigenvalue weighted by molar-refractivity contribution is 0.0939. The van der Waals surface area contributed by atoms with Crippen LogP contribution in [0.2, 0.25) is 0 Å². The number of hydrogen-bond donors (Lipinski definition) is 1. The first-order chi connectivity index (χ1) is 13.2. The Balaban J connectivity index is 1.53. The second-order valence-corrected chi connectivity index (χ2v) is 7.11. The zero-order valence-corrected chi connectivity index (χ0v) is 15.7. The Morgan fingerprint density at radius 2 is 1.89 bits per heavy atom. The number of carbonyl (C=O) groups is 1. The zero-order chi connectivity index (χ0) is 18.6. The summed E-state index contributed by atoms with van der Waals surface area (Å²) >= 11 is 0. The number of rotatable bonds is 5. The Morgan fingerprint density at radius 1 is 1.11 bits per heavy atom. The summed E-state index contributed by atoms with van der Waals surface area (Å²) < 4.78 is 1.64. The number of fused-ring (bicyclic) bond motifs is 1. The van der Waals surface area contributed by atoms with Gasteiger partial charge in [-0.15, -0.1) is 0 Å². The first-order valence-electron chi connectivity index (χ1n) is 9.64. The summed E-state index contributed by atoms with van der Waals surface area (Å²) in [6.45, 7) is 5.71. The predicted molar refractivity (Wildman–Crippen MR) is 106 cm³/mol.